The van der Waals surface area contributed by atoms with E-state index >= 15 is 0 Å². The van der Waals surface area contributed by atoms with Gasteiger partial charge in [-0.1, -0.05) is 30.3 Å². The maximum Gasteiger partial charge on any atom is 0.222 e. The summed E-state index contributed by atoms with van der Waals surface area (Å²) >= 11 is 0. The molecule has 1 aliphatic heterocycles. The Bertz CT molecular complexity index is 1070. The van der Waals surface area contributed by atoms with Gasteiger partial charge in [0.1, 0.15) is 5.82 Å². The highest BCUT2D eigenvalue weighted by Crippen LogP contribution is 2.24. The van der Waals surface area contributed by atoms with Gasteiger partial charge in [-0.2, -0.15) is 0 Å². The maximum atomic E-state index is 12.1. The van der Waals surface area contributed by atoms with Crippen molar-refractivity contribution < 1.29 is 9.53 Å². The van der Waals surface area contributed by atoms with E-state index in [1.807, 2.05) is 13.0 Å². The van der Waals surface area contributed by atoms with E-state index in [-0.39, 0.29) is 11.9 Å². The highest BCUT2D eigenvalue weighted by atomic mass is 16.5. The number of rotatable bonds is 9. The van der Waals surface area contributed by atoms with Gasteiger partial charge in [0.25, 0.3) is 0 Å². The molecule has 0 spiro atoms. The summed E-state index contributed by atoms with van der Waals surface area (Å²) in [6.07, 6.45) is 1.18. The van der Waals surface area contributed by atoms with Gasteiger partial charge in [-0.15, -0.1) is 10.2 Å². The summed E-state index contributed by atoms with van der Waals surface area (Å²) in [6.45, 7) is 5.91. The van der Waals surface area contributed by atoms with Crippen molar-refractivity contribution in [1.29, 1.82) is 0 Å². The molecule has 2 heterocycles. The molecule has 0 unspecified atom stereocenters. The predicted octanol–water partition coefficient (Wildman–Crippen LogP) is 3.32. The summed E-state index contributed by atoms with van der Waals surface area (Å²) in [5.74, 6) is 1.76. The number of nitrogens with zero attached hydrogens (tertiary/aromatic N) is 5. The lowest BCUT2D eigenvalue weighted by molar-refractivity contribution is -0.122. The van der Waals surface area contributed by atoms with Crippen LogP contribution in [0.1, 0.15) is 36.6 Å². The molecule has 1 aliphatic rings. The van der Waals surface area contributed by atoms with Crippen molar-refractivity contribution in [1.82, 2.24) is 25.0 Å². The Kier molecular flexibility index (Phi) is 7.92. The quantitative estimate of drug-likeness (QED) is 0.526. The third-order valence-electron chi connectivity index (χ3n) is 6.32. The van der Waals surface area contributed by atoms with Gasteiger partial charge in [-0.25, -0.2) is 0 Å². The van der Waals surface area contributed by atoms with E-state index in [0.29, 0.717) is 13.0 Å². The number of para-hydroxylation sites is 1. The number of hydrogen-bond donors (Lipinski definition) is 1. The van der Waals surface area contributed by atoms with Crippen molar-refractivity contribution in [3.63, 3.8) is 0 Å². The molecule has 34 heavy (non-hydrogen) atoms. The van der Waals surface area contributed by atoms with E-state index in [1.165, 1.54) is 16.9 Å². The first-order chi connectivity index (χ1) is 16.5. The zero-order chi connectivity index (χ0) is 23.9. The second-order valence-electron chi connectivity index (χ2n) is 8.75. The van der Waals surface area contributed by atoms with Gasteiger partial charge in [-0.05, 0) is 36.8 Å². The van der Waals surface area contributed by atoms with Crippen LogP contribution in [0.5, 0.6) is 0 Å². The van der Waals surface area contributed by atoms with Crippen molar-refractivity contribution >= 4 is 17.3 Å². The molecular weight excluding hydrogens is 428 g/mol. The van der Waals surface area contributed by atoms with Crippen LogP contribution < -0.4 is 10.2 Å². The number of aromatic nitrogens is 3. The first-order valence-corrected chi connectivity index (χ1v) is 11.9. The zero-order valence-corrected chi connectivity index (χ0v) is 20.3. The fourth-order valence-electron chi connectivity index (χ4n) is 4.32. The smallest absolute Gasteiger partial charge is 0.222 e. The van der Waals surface area contributed by atoms with Crippen LogP contribution >= 0.6 is 0 Å². The second kappa shape index (κ2) is 11.3. The van der Waals surface area contributed by atoms with Crippen molar-refractivity contribution in [2.75, 3.05) is 38.8 Å². The molecule has 2 aromatic carbocycles. The van der Waals surface area contributed by atoms with Gasteiger partial charge in [-0.3, -0.25) is 9.69 Å². The van der Waals surface area contributed by atoms with E-state index in [2.05, 4.69) is 85.5 Å². The van der Waals surface area contributed by atoms with Gasteiger partial charge < -0.3 is 19.5 Å². The van der Waals surface area contributed by atoms with Crippen LogP contribution in [0.15, 0.2) is 54.6 Å². The molecular formula is C26H34N6O2. The SMILES string of the molecule is COCCC(=O)N[C@@H](C)c1nnc2n1CCN(Cc1ccc(N(C)c3ccccc3)cc1)CC2. The van der Waals surface area contributed by atoms with Crippen molar-refractivity contribution in [2.45, 2.75) is 38.9 Å². The lowest BCUT2D eigenvalue weighted by Gasteiger charge is -2.22. The molecule has 1 atom stereocenters. The Balaban J connectivity index is 1.34. The van der Waals surface area contributed by atoms with Gasteiger partial charge in [0.05, 0.1) is 12.6 Å². The topological polar surface area (TPSA) is 75.5 Å². The highest BCUT2D eigenvalue weighted by molar-refractivity contribution is 5.76. The third kappa shape index (κ3) is 5.81. The summed E-state index contributed by atoms with van der Waals surface area (Å²) < 4.78 is 7.15. The number of ether oxygens (including phenoxy) is 1. The summed E-state index contributed by atoms with van der Waals surface area (Å²) in [4.78, 5) is 16.7. The molecule has 180 valence electrons. The van der Waals surface area contributed by atoms with Crippen molar-refractivity contribution in [3.8, 4) is 0 Å². The Hall–Kier alpha value is -3.23. The number of benzene rings is 2. The van der Waals surface area contributed by atoms with Crippen LogP contribution in [0.3, 0.4) is 0 Å². The number of hydrogen-bond acceptors (Lipinski definition) is 6. The molecule has 8 nitrogen and oxygen atoms in total. The molecule has 1 amide bonds. The van der Waals surface area contributed by atoms with Crippen molar-refractivity contribution in [3.05, 3.63) is 71.8 Å². The lowest BCUT2D eigenvalue weighted by Crippen LogP contribution is -2.30. The molecule has 4 rings (SSSR count). The molecule has 1 aromatic heterocycles. The van der Waals surface area contributed by atoms with Gasteiger partial charge in [0.2, 0.25) is 5.91 Å². The number of anilines is 2. The Morgan fingerprint density at radius 1 is 1.06 bits per heavy atom. The van der Waals surface area contributed by atoms with Crippen LogP contribution in [-0.4, -0.2) is 59.4 Å². The lowest BCUT2D eigenvalue weighted by atomic mass is 10.1. The van der Waals surface area contributed by atoms with Crippen LogP contribution in [0.25, 0.3) is 0 Å². The Morgan fingerprint density at radius 3 is 2.53 bits per heavy atom. The van der Waals surface area contributed by atoms with Gasteiger partial charge >= 0.3 is 0 Å². The number of amides is 1. The molecule has 0 bridgehead atoms. The molecule has 3 aromatic rings. The monoisotopic (exact) mass is 462 g/mol. The number of carbonyl (C=O) groups excluding carboxylic acids is 1. The first-order valence-electron chi connectivity index (χ1n) is 11.9. The molecule has 0 aliphatic carbocycles. The van der Waals surface area contributed by atoms with Gasteiger partial charge in [0, 0.05) is 64.6 Å². The summed E-state index contributed by atoms with van der Waals surface area (Å²) in [5.41, 5.74) is 3.63. The van der Waals surface area contributed by atoms with Crippen LogP contribution in [-0.2, 0) is 29.0 Å². The second-order valence-corrected chi connectivity index (χ2v) is 8.75. The Labute approximate surface area is 201 Å². The number of carbonyl (C=O) groups is 1. The number of fused-ring (bicyclic) bond motifs is 1. The molecule has 0 saturated heterocycles. The normalized spacial score (nSPS) is 14.8. The van der Waals surface area contributed by atoms with E-state index in [1.54, 1.807) is 7.11 Å². The van der Waals surface area contributed by atoms with E-state index in [0.717, 1.165) is 44.2 Å². The highest BCUT2D eigenvalue weighted by Gasteiger charge is 2.22. The average Bonchev–Trinajstić information content (AvgIpc) is 3.17. The standard InChI is InChI=1S/C26H34N6O2/c1-20(27-25(33)14-18-34-3)26-29-28-24-13-15-31(16-17-32(24)26)19-21-9-11-23(12-10-21)30(2)22-7-5-4-6-8-22/h4-12,20H,13-19H2,1-3H3,(H,27,33)/t20-/m0/s1. The van der Waals surface area contributed by atoms with E-state index < -0.39 is 0 Å². The minimum absolute atomic E-state index is 0.0386. The first kappa shape index (κ1) is 23.9. The Morgan fingerprint density at radius 2 is 1.79 bits per heavy atom. The van der Waals surface area contributed by atoms with Crippen LogP contribution in [0.2, 0.25) is 0 Å². The maximum absolute atomic E-state index is 12.1. The van der Waals surface area contributed by atoms with Crippen LogP contribution in [0.4, 0.5) is 11.4 Å². The summed E-state index contributed by atoms with van der Waals surface area (Å²) in [6, 6.07) is 19.0. The number of methoxy groups -OCH3 is 1. The zero-order valence-electron chi connectivity index (χ0n) is 20.3. The molecule has 8 heteroatoms. The molecule has 0 fully saturated rings. The third-order valence-corrected chi connectivity index (χ3v) is 6.32. The molecule has 1 N–H and O–H groups in total. The average molecular weight is 463 g/mol. The predicted molar refractivity (Wildman–Crippen MR) is 133 cm³/mol. The summed E-state index contributed by atoms with van der Waals surface area (Å²) in [7, 11) is 3.69. The molecule has 0 saturated carbocycles. The van der Waals surface area contributed by atoms with Crippen molar-refractivity contribution in [2.24, 2.45) is 0 Å². The fourth-order valence-corrected chi connectivity index (χ4v) is 4.32. The van der Waals surface area contributed by atoms with Gasteiger partial charge in [0.15, 0.2) is 5.82 Å². The minimum atomic E-state index is -0.189. The van der Waals surface area contributed by atoms with E-state index in [9.17, 15) is 4.79 Å². The largest absolute Gasteiger partial charge is 0.384 e. The molecule has 0 radical (unpaired) electrons. The van der Waals surface area contributed by atoms with E-state index in [4.69, 9.17) is 4.74 Å². The minimum Gasteiger partial charge on any atom is -0.384 e. The number of nitrogens with one attached hydrogen (secondary N) is 1. The fraction of sp³-hybridized carbons (Fsp3) is 0.423. The summed E-state index contributed by atoms with van der Waals surface area (Å²) in [5, 5.41) is 11.8. The van der Waals surface area contributed by atoms with Crippen LogP contribution in [0, 0.1) is 0 Å².